The molecule has 0 saturated carbocycles. The zero-order valence-corrected chi connectivity index (χ0v) is 13.8. The average Bonchev–Trinajstić information content (AvgIpc) is 3.28. The number of carbonyl (C=O) groups excluding carboxylic acids is 1. The second-order valence-electron chi connectivity index (χ2n) is 5.02. The largest absolute Gasteiger partial charge is 0.490 e. The number of hydrogen-bond donors (Lipinski definition) is 1. The topological polar surface area (TPSA) is 56.1 Å². The van der Waals surface area contributed by atoms with Gasteiger partial charge in [-0.3, -0.25) is 4.79 Å². The van der Waals surface area contributed by atoms with Crippen molar-refractivity contribution in [2.24, 2.45) is 0 Å². The predicted molar refractivity (Wildman–Crippen MR) is 96.1 cm³/mol. The lowest BCUT2D eigenvalue weighted by atomic mass is 10.2. The van der Waals surface area contributed by atoms with Gasteiger partial charge in [-0.05, 0) is 40.6 Å². The van der Waals surface area contributed by atoms with E-state index < -0.39 is 0 Å². The van der Waals surface area contributed by atoms with E-state index in [9.17, 15) is 4.79 Å². The molecule has 6 heteroatoms. The van der Waals surface area contributed by atoms with Crippen molar-refractivity contribution < 1.29 is 9.53 Å². The number of carbonyl (C=O) groups is 1. The molecule has 0 unspecified atom stereocenters. The van der Waals surface area contributed by atoms with E-state index in [1.54, 1.807) is 29.9 Å². The van der Waals surface area contributed by atoms with Crippen molar-refractivity contribution in [3.8, 4) is 5.75 Å². The van der Waals surface area contributed by atoms with Crippen LogP contribution in [0.4, 0.5) is 5.69 Å². The third-order valence-electron chi connectivity index (χ3n) is 3.28. The van der Waals surface area contributed by atoms with Crippen LogP contribution in [0.25, 0.3) is 6.08 Å². The van der Waals surface area contributed by atoms with Gasteiger partial charge in [-0.2, -0.15) is 11.3 Å². The number of anilines is 1. The van der Waals surface area contributed by atoms with Crippen molar-refractivity contribution in [3.05, 3.63) is 71.5 Å². The highest BCUT2D eigenvalue weighted by atomic mass is 32.1. The molecule has 1 aromatic carbocycles. The number of aromatic nitrogens is 2. The van der Waals surface area contributed by atoms with Gasteiger partial charge < -0.3 is 14.6 Å². The first-order valence-corrected chi connectivity index (χ1v) is 8.44. The monoisotopic (exact) mass is 339 g/mol. The van der Waals surface area contributed by atoms with E-state index in [0.29, 0.717) is 24.6 Å². The molecule has 0 atom stereocenters. The molecule has 3 aromatic rings. The smallest absolute Gasteiger partial charge is 0.248 e. The molecular formula is C18H17N3O2S. The number of amides is 1. The third kappa shape index (κ3) is 4.57. The van der Waals surface area contributed by atoms with E-state index >= 15 is 0 Å². The van der Waals surface area contributed by atoms with Crippen LogP contribution >= 0.6 is 11.3 Å². The molecule has 5 nitrogen and oxygen atoms in total. The SMILES string of the molecule is O=C(C=Cc1ccsc1)Nc1ccccc1OCCn1ccnc1. The summed E-state index contributed by atoms with van der Waals surface area (Å²) < 4.78 is 7.71. The summed E-state index contributed by atoms with van der Waals surface area (Å²) in [5.74, 6) is 0.460. The highest BCUT2D eigenvalue weighted by molar-refractivity contribution is 7.08. The minimum Gasteiger partial charge on any atom is -0.490 e. The maximum absolute atomic E-state index is 12.1. The number of nitrogens with zero attached hydrogens (tertiary/aromatic N) is 2. The van der Waals surface area contributed by atoms with Gasteiger partial charge in [-0.25, -0.2) is 4.98 Å². The molecule has 0 radical (unpaired) electrons. The van der Waals surface area contributed by atoms with Gasteiger partial charge in [0.1, 0.15) is 12.4 Å². The van der Waals surface area contributed by atoms with Crippen LogP contribution in [0.3, 0.4) is 0 Å². The zero-order chi connectivity index (χ0) is 16.6. The Morgan fingerprint density at radius 2 is 2.25 bits per heavy atom. The van der Waals surface area contributed by atoms with Crippen LogP contribution in [-0.4, -0.2) is 22.1 Å². The van der Waals surface area contributed by atoms with Crippen LogP contribution in [0.5, 0.6) is 5.75 Å². The Morgan fingerprint density at radius 3 is 3.04 bits per heavy atom. The fourth-order valence-corrected chi connectivity index (χ4v) is 2.72. The molecule has 2 heterocycles. The lowest BCUT2D eigenvalue weighted by Gasteiger charge is -2.11. The van der Waals surface area contributed by atoms with E-state index in [2.05, 4.69) is 10.3 Å². The van der Waals surface area contributed by atoms with Crippen LogP contribution in [0.15, 0.2) is 65.9 Å². The van der Waals surface area contributed by atoms with Gasteiger partial charge in [-0.15, -0.1) is 0 Å². The van der Waals surface area contributed by atoms with Crippen LogP contribution in [0.1, 0.15) is 5.56 Å². The van der Waals surface area contributed by atoms with Crippen molar-refractivity contribution >= 4 is 29.0 Å². The lowest BCUT2D eigenvalue weighted by molar-refractivity contribution is -0.111. The molecule has 0 aliphatic rings. The molecular weight excluding hydrogens is 322 g/mol. The summed E-state index contributed by atoms with van der Waals surface area (Å²) >= 11 is 1.60. The molecule has 3 rings (SSSR count). The van der Waals surface area contributed by atoms with Crippen LogP contribution in [-0.2, 0) is 11.3 Å². The summed E-state index contributed by atoms with van der Waals surface area (Å²) in [4.78, 5) is 16.0. The van der Waals surface area contributed by atoms with Gasteiger partial charge in [0.2, 0.25) is 5.91 Å². The Morgan fingerprint density at radius 1 is 1.33 bits per heavy atom. The summed E-state index contributed by atoms with van der Waals surface area (Å²) in [6, 6.07) is 9.36. The number of ether oxygens (including phenoxy) is 1. The first kappa shape index (κ1) is 16.0. The molecule has 0 aliphatic carbocycles. The van der Waals surface area contributed by atoms with Crippen molar-refractivity contribution in [2.75, 3.05) is 11.9 Å². The molecule has 0 bridgehead atoms. The second-order valence-corrected chi connectivity index (χ2v) is 5.80. The summed E-state index contributed by atoms with van der Waals surface area (Å²) in [7, 11) is 0. The molecule has 0 spiro atoms. The van der Waals surface area contributed by atoms with Crippen molar-refractivity contribution in [3.63, 3.8) is 0 Å². The van der Waals surface area contributed by atoms with E-state index in [1.165, 1.54) is 6.08 Å². The molecule has 122 valence electrons. The number of hydrogen-bond acceptors (Lipinski definition) is 4. The number of benzene rings is 1. The van der Waals surface area contributed by atoms with Crippen molar-refractivity contribution in [2.45, 2.75) is 6.54 Å². The van der Waals surface area contributed by atoms with Gasteiger partial charge in [-0.1, -0.05) is 12.1 Å². The first-order chi connectivity index (χ1) is 11.8. The van der Waals surface area contributed by atoms with E-state index in [1.807, 2.05) is 51.9 Å². The van der Waals surface area contributed by atoms with E-state index in [4.69, 9.17) is 4.74 Å². The molecule has 0 fully saturated rings. The van der Waals surface area contributed by atoms with Gasteiger partial charge in [0.25, 0.3) is 0 Å². The Balaban J connectivity index is 1.57. The number of thiophene rings is 1. The number of para-hydroxylation sites is 2. The quantitative estimate of drug-likeness (QED) is 0.668. The zero-order valence-electron chi connectivity index (χ0n) is 13.0. The normalized spacial score (nSPS) is 10.8. The Bertz CT molecular complexity index is 796. The molecule has 1 amide bonds. The molecule has 2 aromatic heterocycles. The average molecular weight is 339 g/mol. The van der Waals surface area contributed by atoms with Gasteiger partial charge in [0.15, 0.2) is 0 Å². The summed E-state index contributed by atoms with van der Waals surface area (Å²) in [5.41, 5.74) is 1.67. The number of rotatable bonds is 7. The summed E-state index contributed by atoms with van der Waals surface area (Å²) in [6.07, 6.45) is 8.66. The van der Waals surface area contributed by atoms with E-state index in [-0.39, 0.29) is 5.91 Å². The molecule has 1 N–H and O–H groups in total. The number of nitrogens with one attached hydrogen (secondary N) is 1. The van der Waals surface area contributed by atoms with E-state index in [0.717, 1.165) is 5.56 Å². The predicted octanol–water partition coefficient (Wildman–Crippen LogP) is 3.68. The maximum atomic E-state index is 12.1. The lowest BCUT2D eigenvalue weighted by Crippen LogP contribution is -2.11. The third-order valence-corrected chi connectivity index (χ3v) is 3.98. The van der Waals surface area contributed by atoms with Gasteiger partial charge in [0.05, 0.1) is 18.6 Å². The highest BCUT2D eigenvalue weighted by Crippen LogP contribution is 2.23. The molecule has 0 saturated heterocycles. The maximum Gasteiger partial charge on any atom is 0.248 e. The standard InChI is InChI=1S/C18H17N3O2S/c22-18(6-5-15-7-12-24-13-15)20-16-3-1-2-4-17(16)23-11-10-21-9-8-19-14-21/h1-9,12-14H,10-11H2,(H,20,22). The Labute approximate surface area is 144 Å². The highest BCUT2D eigenvalue weighted by Gasteiger charge is 2.05. The van der Waals surface area contributed by atoms with Crippen molar-refractivity contribution in [1.29, 1.82) is 0 Å². The molecule has 0 aliphatic heterocycles. The van der Waals surface area contributed by atoms with Gasteiger partial charge >= 0.3 is 0 Å². The van der Waals surface area contributed by atoms with Crippen LogP contribution in [0, 0.1) is 0 Å². The van der Waals surface area contributed by atoms with Crippen LogP contribution in [0.2, 0.25) is 0 Å². The van der Waals surface area contributed by atoms with Crippen molar-refractivity contribution in [1.82, 2.24) is 9.55 Å². The summed E-state index contributed by atoms with van der Waals surface area (Å²) in [6.45, 7) is 1.19. The van der Waals surface area contributed by atoms with Crippen LogP contribution < -0.4 is 10.1 Å². The Kier molecular flexibility index (Phi) is 5.42. The fraction of sp³-hybridized carbons (Fsp3) is 0.111. The second kappa shape index (κ2) is 8.12. The molecule has 24 heavy (non-hydrogen) atoms. The first-order valence-electron chi connectivity index (χ1n) is 7.50. The van der Waals surface area contributed by atoms with Gasteiger partial charge in [0, 0.05) is 18.5 Å². The minimum absolute atomic E-state index is 0.188. The summed E-state index contributed by atoms with van der Waals surface area (Å²) in [5, 5.41) is 6.81. The minimum atomic E-state index is -0.188. The number of imidazole rings is 1. The Hall–Kier alpha value is -2.86. The fourth-order valence-electron chi connectivity index (χ4n) is 2.09.